The van der Waals surface area contributed by atoms with Crippen LogP contribution < -0.4 is 52.4 Å². The molecule has 3 fully saturated rings. The summed E-state index contributed by atoms with van der Waals surface area (Å²) in [6, 6.07) is 30.1. The minimum absolute atomic E-state index is 0.00577. The van der Waals surface area contributed by atoms with Gasteiger partial charge in [0.1, 0.15) is 52.9 Å². The lowest BCUT2D eigenvalue weighted by Crippen LogP contribution is -2.41. The Morgan fingerprint density at radius 3 is 1.10 bits per heavy atom. The van der Waals surface area contributed by atoms with Crippen LogP contribution in [0, 0.1) is 49.3 Å². The molecule has 4 heterocycles. The molecule has 692 valence electrons. The smallest absolute Gasteiger partial charge is 0.405 e. The number of sulfonamides is 5. The number of carbonyl (C=O) groups excluding carboxylic acids is 1. The maximum Gasteiger partial charge on any atom is 0.494 e. The topological polar surface area (TPSA) is 541 Å². The summed E-state index contributed by atoms with van der Waals surface area (Å²) in [4.78, 5) is 33.7. The number of nitro benzene ring substituents is 1. The Balaban J connectivity index is 0.000000380. The first-order chi connectivity index (χ1) is 57.4. The van der Waals surface area contributed by atoms with Gasteiger partial charge in [-0.3, -0.25) is 30.0 Å². The highest BCUT2D eigenvalue weighted by Crippen LogP contribution is 2.44. The molecular formula is C76H101B3Br3F5N12O22S5. The van der Waals surface area contributed by atoms with E-state index in [0.717, 1.165) is 44.6 Å². The third-order valence-corrected chi connectivity index (χ3v) is 22.7. The van der Waals surface area contributed by atoms with Crippen molar-refractivity contribution in [1.29, 1.82) is 0 Å². The largest absolute Gasteiger partial charge is 0.494 e. The minimum atomic E-state index is -3.43. The summed E-state index contributed by atoms with van der Waals surface area (Å²) in [6.07, 6.45) is 8.21. The molecule has 0 atom stereocenters. The van der Waals surface area contributed by atoms with Gasteiger partial charge < -0.3 is 56.0 Å². The van der Waals surface area contributed by atoms with Crippen LogP contribution in [0.25, 0.3) is 22.3 Å². The lowest BCUT2D eigenvalue weighted by molar-refractivity contribution is -0.384. The van der Waals surface area contributed by atoms with Gasteiger partial charge >= 0.3 is 26.8 Å². The first-order valence-electron chi connectivity index (χ1n) is 36.7. The Hall–Kier alpha value is -8.09. The maximum atomic E-state index is 13.8. The average Bonchev–Trinajstić information content (AvgIpc) is 1.60. The molecule has 3 aliphatic rings. The van der Waals surface area contributed by atoms with Gasteiger partial charge in [0, 0.05) is 71.2 Å². The van der Waals surface area contributed by atoms with Crippen LogP contribution in [0.2, 0.25) is 0 Å². The molecule has 50 heteroatoms. The number of primary sulfonamides is 1. The van der Waals surface area contributed by atoms with E-state index < -0.39 is 121 Å². The van der Waals surface area contributed by atoms with E-state index in [1.165, 1.54) is 91.1 Å². The van der Waals surface area contributed by atoms with Gasteiger partial charge in [0.15, 0.2) is 0 Å². The van der Waals surface area contributed by atoms with Gasteiger partial charge in [-0.25, -0.2) is 88.1 Å². The van der Waals surface area contributed by atoms with Gasteiger partial charge in [0.25, 0.3) is 5.69 Å². The lowest BCUT2D eigenvalue weighted by Gasteiger charge is -2.32. The molecule has 3 aliphatic heterocycles. The number of nitro groups is 2. The Bertz CT molecular complexity index is 5650. The number of hydrogen-bond acceptors (Lipinski definition) is 27. The minimum Gasteiger partial charge on any atom is -0.405 e. The van der Waals surface area contributed by atoms with E-state index in [2.05, 4.69) is 76.8 Å². The van der Waals surface area contributed by atoms with Gasteiger partial charge in [-0.2, -0.15) is 0 Å². The van der Waals surface area contributed by atoms with Crippen LogP contribution in [-0.4, -0.2) is 161 Å². The van der Waals surface area contributed by atoms with Crippen molar-refractivity contribution in [3.8, 4) is 22.3 Å². The van der Waals surface area contributed by atoms with Crippen molar-refractivity contribution in [1.82, 2.24) is 23.9 Å². The second-order valence-electron chi connectivity index (χ2n) is 30.8. The van der Waals surface area contributed by atoms with Crippen LogP contribution in [0.4, 0.5) is 56.1 Å². The van der Waals surface area contributed by atoms with Gasteiger partial charge in [-0.05, 0) is 229 Å². The molecule has 0 amide bonds. The summed E-state index contributed by atoms with van der Waals surface area (Å²) in [5.74, 6) is -2.34. The number of aldehydes is 1. The van der Waals surface area contributed by atoms with E-state index in [1.54, 1.807) is 42.5 Å². The van der Waals surface area contributed by atoms with E-state index in [1.807, 2.05) is 83.1 Å². The zero-order valence-corrected chi connectivity index (χ0v) is 80.6. The molecule has 0 spiro atoms. The standard InChI is InChI=1S/C14H21BFNO4S.C14H14FN3O4S.C14H16FN3O2S.C12H24B2O4.C8H9BrFNO2S.C7H4BrFO.C5H4BrN3O2.CH5NO2S.CH4O/c1-13(2)14(3,4)21-15(20-13)11-6-10(7-12(16)8-11)9-17-22(5,18)19;1-23(21,22)17-8-9-5-10(7-11(15)6-9)12-3-2-4-13(14(12)16)18(19)20;1-21(19,20)18-8-9-5-10(7-11(15)6-9)12-3-2-4-13(16)14(12)17;1-9(2)10(3,4)16-13(15-9)14-17-11(5,6)12(7,8)18-14;1-14(12,13)11-5-6-2-7(9)4-8(10)3-6;8-6-1-5(4-10)2-7(9)3-6;6-3-1-8-2-4(5(3)7)9(10)11;1-5(2,3)4;1-2/h6-8,17H,9H2,1-5H3;2-7,17H,8,16H2,1H3;2-7,18H,8,16-17H2,1H3;1-8H3;2-4,11H,5H2,1H3;1-4H;1-2H,(H2,7,8);1H3,(H2,2,3,4);2H,1H3. The number of benzene rings is 7. The summed E-state index contributed by atoms with van der Waals surface area (Å²) in [7, 11) is -17.1. The highest BCUT2D eigenvalue weighted by atomic mass is 79.9. The number of anilines is 4. The third-order valence-electron chi connectivity index (χ3n) is 18.4. The first-order valence-corrected chi connectivity index (χ1v) is 48.6. The molecular weight excluding hydrogens is 1960 g/mol. The van der Waals surface area contributed by atoms with Crippen molar-refractivity contribution < 1.29 is 112 Å². The van der Waals surface area contributed by atoms with Crippen LogP contribution in [-0.2, 0) is 104 Å². The highest BCUT2D eigenvalue weighted by molar-refractivity contribution is 9.11. The van der Waals surface area contributed by atoms with Crippen LogP contribution in [0.3, 0.4) is 0 Å². The number of rotatable bonds is 19. The zero-order chi connectivity index (χ0) is 96.8. The molecule has 15 N–H and O–H groups in total. The number of aliphatic hydroxyl groups is 1. The van der Waals surface area contributed by atoms with E-state index in [4.69, 9.17) is 56.0 Å². The van der Waals surface area contributed by atoms with Crippen LogP contribution in [0.15, 0.2) is 153 Å². The Morgan fingerprint density at radius 1 is 0.437 bits per heavy atom. The van der Waals surface area contributed by atoms with Gasteiger partial charge in [-0.1, -0.05) is 62.2 Å². The number of nitrogens with zero attached hydrogens (tertiary/aromatic N) is 3. The Kier molecular flexibility index (Phi) is 41.3. The number of nitrogen functional groups attached to an aromatic ring is 4. The van der Waals surface area contributed by atoms with Crippen molar-refractivity contribution in [2.45, 2.75) is 143 Å². The fourth-order valence-corrected chi connectivity index (χ4v) is 13.3. The SMILES string of the molecule is CC1(C)OB(B2OC(C)(C)C(C)(C)O2)OC1(C)C.CC1(C)OB(c2cc(F)cc(CNS(C)(=O)=O)c2)OC1(C)C.CO.CS(=O)(=O)NCc1cc(F)cc(-c2cccc(N)c2N)c1.CS(=O)(=O)NCc1cc(F)cc(-c2cccc([N+](=O)[O-])c2N)c1.CS(=O)(=O)NCc1cc(F)cc(Br)c1.CS(N)(=O)=O.Nc1c(Br)cncc1[N+](=O)[O-].O=Cc1cc(F)cc(Br)c1. The normalized spacial score (nSPS) is 15.5. The van der Waals surface area contributed by atoms with Crippen molar-refractivity contribution in [2.24, 2.45) is 5.14 Å². The summed E-state index contributed by atoms with van der Waals surface area (Å²) < 4.78 is 220. The number of nitrogens with one attached hydrogen (secondary N) is 4. The molecule has 3 saturated heterocycles. The molecule has 0 saturated carbocycles. The molecule has 34 nitrogen and oxygen atoms in total. The number of aliphatic hydroxyl groups excluding tert-OH is 1. The first kappa shape index (κ1) is 112. The number of para-hydroxylation sites is 2. The number of pyridine rings is 1. The van der Waals surface area contributed by atoms with Gasteiger partial charge in [0.05, 0.1) is 90.6 Å². The lowest BCUT2D eigenvalue weighted by atomic mass is 9.49. The van der Waals surface area contributed by atoms with Crippen LogP contribution in [0.5, 0.6) is 0 Å². The van der Waals surface area contributed by atoms with Crippen molar-refractivity contribution in [3.05, 3.63) is 230 Å². The molecule has 126 heavy (non-hydrogen) atoms. The molecule has 8 aromatic rings. The van der Waals surface area contributed by atoms with E-state index in [0.29, 0.717) is 86.6 Å². The zero-order valence-electron chi connectivity index (χ0n) is 71.7. The molecule has 0 bridgehead atoms. The number of aromatic nitrogens is 1. The molecule has 11 rings (SSSR count). The van der Waals surface area contributed by atoms with E-state index in [9.17, 15) is 89.1 Å². The summed E-state index contributed by atoms with van der Waals surface area (Å²) >= 11 is 9.19. The fraction of sp³-hybridized carbons (Fsp3) is 0.368. The fourth-order valence-electron chi connectivity index (χ4n) is 10.3. The summed E-state index contributed by atoms with van der Waals surface area (Å²) in [5.41, 5.74) is 25.3. The van der Waals surface area contributed by atoms with Gasteiger partial charge in [0.2, 0.25) is 50.1 Å². The predicted molar refractivity (Wildman–Crippen MR) is 488 cm³/mol. The molecule has 0 aliphatic carbocycles. The molecule has 0 radical (unpaired) electrons. The van der Waals surface area contributed by atoms with Crippen molar-refractivity contribution >= 4 is 165 Å². The van der Waals surface area contributed by atoms with E-state index in [-0.39, 0.29) is 71.3 Å². The van der Waals surface area contributed by atoms with E-state index >= 15 is 0 Å². The quantitative estimate of drug-likeness (QED) is 0.00897. The second-order valence-corrected chi connectivity index (χ2v) is 42.5. The molecule has 0 unspecified atom stereocenters. The Morgan fingerprint density at radius 2 is 0.754 bits per heavy atom. The van der Waals surface area contributed by atoms with Crippen molar-refractivity contribution in [3.63, 3.8) is 0 Å². The number of nitrogens with two attached hydrogens (primary N) is 5. The second kappa shape index (κ2) is 46.4. The highest BCUT2D eigenvalue weighted by Gasteiger charge is 2.64. The predicted octanol–water partition coefficient (Wildman–Crippen LogP) is 11.0. The Labute approximate surface area is 756 Å². The molecule has 1 aromatic heterocycles. The summed E-state index contributed by atoms with van der Waals surface area (Å²) in [6.45, 7) is 23.9. The maximum absolute atomic E-state index is 13.8. The van der Waals surface area contributed by atoms with Crippen molar-refractivity contribution in [2.75, 3.05) is 61.3 Å². The third kappa shape index (κ3) is 37.9. The average molecular weight is 2060 g/mol. The molecule has 7 aromatic carbocycles. The van der Waals surface area contributed by atoms with Gasteiger partial charge in [-0.15, -0.1) is 0 Å². The van der Waals surface area contributed by atoms with Crippen LogP contribution >= 0.6 is 47.8 Å². The number of hydrogen-bond donors (Lipinski definition) is 10. The summed E-state index contributed by atoms with van der Waals surface area (Å²) in [5, 5.41) is 32.5. The number of carbonyl (C=O) groups is 1. The monoisotopic (exact) mass is 2060 g/mol. The number of halogens is 8. The van der Waals surface area contributed by atoms with Crippen LogP contribution in [0.1, 0.15) is 116 Å².